The molecule has 0 radical (unpaired) electrons. The van der Waals surface area contributed by atoms with Crippen molar-refractivity contribution in [2.75, 3.05) is 0 Å². The second-order valence-corrected chi connectivity index (χ2v) is 3.22. The molecule has 16 heavy (non-hydrogen) atoms. The molecule has 1 amide bonds. The molecule has 0 heterocycles. The zero-order valence-electron chi connectivity index (χ0n) is 9.10. The Kier molecular flexibility index (Phi) is 4.74. The number of hydrogen-bond donors (Lipinski definition) is 1. The van der Waals surface area contributed by atoms with E-state index in [0.29, 0.717) is 0 Å². The first-order chi connectivity index (χ1) is 7.76. The minimum Gasteiger partial charge on any atom is -0.272 e. The molecule has 0 spiro atoms. The first-order valence-electron chi connectivity index (χ1n) is 5.04. The summed E-state index contributed by atoms with van der Waals surface area (Å²) in [5, 5.41) is 12.0. The Morgan fingerprint density at radius 1 is 1.50 bits per heavy atom. The second kappa shape index (κ2) is 6.36. The van der Waals surface area contributed by atoms with Crippen LogP contribution in [0, 0.1) is 11.3 Å². The van der Waals surface area contributed by atoms with Crippen LogP contribution in [0.5, 0.6) is 0 Å². The van der Waals surface area contributed by atoms with Gasteiger partial charge in [0.1, 0.15) is 6.42 Å². The zero-order chi connectivity index (χ0) is 11.8. The van der Waals surface area contributed by atoms with Crippen LogP contribution in [0.25, 0.3) is 0 Å². The third kappa shape index (κ3) is 3.93. The van der Waals surface area contributed by atoms with E-state index in [9.17, 15) is 4.79 Å². The Morgan fingerprint density at radius 2 is 2.19 bits per heavy atom. The maximum atomic E-state index is 10.9. The molecule has 1 aromatic carbocycles. The first kappa shape index (κ1) is 11.9. The van der Waals surface area contributed by atoms with Crippen LogP contribution in [0.15, 0.2) is 29.4 Å². The van der Waals surface area contributed by atoms with E-state index in [2.05, 4.69) is 17.5 Å². The fraction of sp³-hybridized carbons (Fsp3) is 0.250. The number of hydrazone groups is 1. The van der Waals surface area contributed by atoms with Crippen molar-refractivity contribution in [2.24, 2.45) is 5.10 Å². The fourth-order valence-corrected chi connectivity index (χ4v) is 1.13. The van der Waals surface area contributed by atoms with Crippen molar-refractivity contribution in [1.29, 1.82) is 5.26 Å². The van der Waals surface area contributed by atoms with Crippen molar-refractivity contribution < 1.29 is 4.79 Å². The largest absolute Gasteiger partial charge is 0.272 e. The molecular weight excluding hydrogens is 202 g/mol. The number of aryl methyl sites for hydroxylation is 1. The van der Waals surface area contributed by atoms with Gasteiger partial charge in [-0.2, -0.15) is 10.4 Å². The van der Waals surface area contributed by atoms with Gasteiger partial charge in [-0.15, -0.1) is 0 Å². The van der Waals surface area contributed by atoms with Gasteiger partial charge in [0.2, 0.25) is 0 Å². The Morgan fingerprint density at radius 3 is 2.75 bits per heavy atom. The van der Waals surface area contributed by atoms with E-state index in [1.54, 1.807) is 12.3 Å². The number of nitrogens with one attached hydrogen (secondary N) is 1. The predicted octanol–water partition coefficient (Wildman–Crippen LogP) is 1.61. The number of benzene rings is 1. The van der Waals surface area contributed by atoms with Gasteiger partial charge in [-0.25, -0.2) is 5.43 Å². The number of rotatable bonds is 4. The van der Waals surface area contributed by atoms with Gasteiger partial charge in [0, 0.05) is 0 Å². The van der Waals surface area contributed by atoms with E-state index in [-0.39, 0.29) is 6.42 Å². The van der Waals surface area contributed by atoms with Crippen LogP contribution >= 0.6 is 0 Å². The maximum absolute atomic E-state index is 10.9. The van der Waals surface area contributed by atoms with Crippen LogP contribution in [0.3, 0.4) is 0 Å². The summed E-state index contributed by atoms with van der Waals surface area (Å²) in [6, 6.07) is 9.63. The van der Waals surface area contributed by atoms with Gasteiger partial charge in [0.05, 0.1) is 12.3 Å². The van der Waals surface area contributed by atoms with E-state index in [0.717, 1.165) is 12.0 Å². The van der Waals surface area contributed by atoms with Crippen LogP contribution in [0.2, 0.25) is 0 Å². The highest BCUT2D eigenvalue weighted by Crippen LogP contribution is 2.02. The molecule has 0 fully saturated rings. The van der Waals surface area contributed by atoms with Gasteiger partial charge in [-0.1, -0.05) is 31.2 Å². The molecule has 0 saturated heterocycles. The van der Waals surface area contributed by atoms with Crippen molar-refractivity contribution >= 4 is 12.1 Å². The third-order valence-corrected chi connectivity index (χ3v) is 2.03. The molecule has 0 unspecified atom stereocenters. The summed E-state index contributed by atoms with van der Waals surface area (Å²) in [6.07, 6.45) is 2.37. The van der Waals surface area contributed by atoms with Gasteiger partial charge in [0.15, 0.2) is 0 Å². The normalized spacial score (nSPS) is 10.0. The number of hydrogen-bond acceptors (Lipinski definition) is 3. The molecule has 0 saturated carbocycles. The van der Waals surface area contributed by atoms with E-state index in [4.69, 9.17) is 5.26 Å². The molecule has 0 aliphatic carbocycles. The topological polar surface area (TPSA) is 65.2 Å². The lowest BCUT2D eigenvalue weighted by molar-refractivity contribution is -0.120. The van der Waals surface area contributed by atoms with Crippen LogP contribution in [-0.2, 0) is 11.2 Å². The standard InChI is InChI=1S/C12H13N3O/c1-2-10-3-5-11(6-4-10)9-14-15-12(16)7-8-13/h3-6,9H,2,7H2,1H3,(H,15,16). The average molecular weight is 215 g/mol. The van der Waals surface area contributed by atoms with E-state index in [1.165, 1.54) is 5.56 Å². The Balaban J connectivity index is 2.50. The highest BCUT2D eigenvalue weighted by molar-refractivity contribution is 5.83. The summed E-state index contributed by atoms with van der Waals surface area (Å²) in [7, 11) is 0. The SMILES string of the molecule is CCc1ccc(C=NNC(=O)CC#N)cc1. The van der Waals surface area contributed by atoms with Crippen molar-refractivity contribution in [3.8, 4) is 6.07 Å². The molecule has 0 bridgehead atoms. The fourth-order valence-electron chi connectivity index (χ4n) is 1.13. The third-order valence-electron chi connectivity index (χ3n) is 2.03. The quantitative estimate of drug-likeness (QED) is 0.612. The molecule has 0 atom stereocenters. The summed E-state index contributed by atoms with van der Waals surface area (Å²) in [5.41, 5.74) is 4.44. The van der Waals surface area contributed by atoms with Gasteiger partial charge in [0.25, 0.3) is 5.91 Å². The molecule has 4 heteroatoms. The van der Waals surface area contributed by atoms with Crippen LogP contribution in [0.1, 0.15) is 24.5 Å². The van der Waals surface area contributed by atoms with Crippen molar-refractivity contribution in [2.45, 2.75) is 19.8 Å². The van der Waals surface area contributed by atoms with Gasteiger partial charge >= 0.3 is 0 Å². The van der Waals surface area contributed by atoms with E-state index < -0.39 is 5.91 Å². The highest BCUT2D eigenvalue weighted by Gasteiger charge is 1.95. The van der Waals surface area contributed by atoms with Crippen LogP contribution < -0.4 is 5.43 Å². The number of carbonyl (C=O) groups is 1. The molecule has 0 aliphatic rings. The number of carbonyl (C=O) groups excluding carboxylic acids is 1. The highest BCUT2D eigenvalue weighted by atomic mass is 16.2. The van der Waals surface area contributed by atoms with Crippen molar-refractivity contribution in [3.05, 3.63) is 35.4 Å². The predicted molar refractivity (Wildman–Crippen MR) is 61.8 cm³/mol. The van der Waals surface area contributed by atoms with Gasteiger partial charge in [-0.05, 0) is 17.5 Å². The Bertz CT molecular complexity index is 415. The van der Waals surface area contributed by atoms with Gasteiger partial charge in [-0.3, -0.25) is 4.79 Å². The molecule has 82 valence electrons. The molecule has 4 nitrogen and oxygen atoms in total. The molecule has 0 aliphatic heterocycles. The smallest absolute Gasteiger partial charge is 0.254 e. The van der Waals surface area contributed by atoms with Crippen molar-refractivity contribution in [3.63, 3.8) is 0 Å². The summed E-state index contributed by atoms with van der Waals surface area (Å²) in [4.78, 5) is 10.9. The van der Waals surface area contributed by atoms with E-state index >= 15 is 0 Å². The lowest BCUT2D eigenvalue weighted by Gasteiger charge is -1.97. The van der Waals surface area contributed by atoms with Crippen LogP contribution in [0.4, 0.5) is 0 Å². The van der Waals surface area contributed by atoms with E-state index in [1.807, 2.05) is 24.3 Å². The minimum absolute atomic E-state index is 0.174. The number of nitriles is 1. The first-order valence-corrected chi connectivity index (χ1v) is 5.04. The monoisotopic (exact) mass is 215 g/mol. The lowest BCUT2D eigenvalue weighted by Crippen LogP contribution is -2.16. The zero-order valence-corrected chi connectivity index (χ0v) is 9.10. The average Bonchev–Trinajstić information content (AvgIpc) is 2.30. The van der Waals surface area contributed by atoms with Gasteiger partial charge < -0.3 is 0 Å². The van der Waals surface area contributed by atoms with Crippen molar-refractivity contribution in [1.82, 2.24) is 5.43 Å². The Labute approximate surface area is 94.6 Å². The lowest BCUT2D eigenvalue weighted by atomic mass is 10.1. The summed E-state index contributed by atoms with van der Waals surface area (Å²) < 4.78 is 0. The molecule has 0 aromatic heterocycles. The maximum Gasteiger partial charge on any atom is 0.254 e. The summed E-state index contributed by atoms with van der Waals surface area (Å²) >= 11 is 0. The molecule has 1 aromatic rings. The second-order valence-electron chi connectivity index (χ2n) is 3.22. The number of amides is 1. The number of nitrogens with zero attached hydrogens (tertiary/aromatic N) is 2. The van der Waals surface area contributed by atoms with Crippen LogP contribution in [-0.4, -0.2) is 12.1 Å². The Hall–Kier alpha value is -2.15. The molecular formula is C12H13N3O. The molecule has 1 rings (SSSR count). The molecule has 1 N–H and O–H groups in total. The summed E-state index contributed by atoms with van der Waals surface area (Å²) in [5.74, 6) is -0.399. The summed E-state index contributed by atoms with van der Waals surface area (Å²) in [6.45, 7) is 2.09. The minimum atomic E-state index is -0.399.